The van der Waals surface area contributed by atoms with Crippen LogP contribution in [0, 0.1) is 0 Å². The Morgan fingerprint density at radius 1 is 1.57 bits per heavy atom. The molecule has 1 fully saturated rings. The average Bonchev–Trinajstić information content (AvgIpc) is 2.61. The van der Waals surface area contributed by atoms with Crippen molar-refractivity contribution in [3.63, 3.8) is 0 Å². The van der Waals surface area contributed by atoms with E-state index in [0.29, 0.717) is 6.54 Å². The molecule has 4 heteroatoms. The number of rotatable bonds is 4. The first-order valence-corrected chi connectivity index (χ1v) is 5.10. The predicted molar refractivity (Wildman–Crippen MR) is 52.9 cm³/mol. The van der Waals surface area contributed by atoms with E-state index >= 15 is 0 Å². The maximum atomic E-state index is 11.3. The lowest BCUT2D eigenvalue weighted by Crippen LogP contribution is -2.44. The first-order chi connectivity index (χ1) is 6.57. The highest BCUT2D eigenvalue weighted by Gasteiger charge is 2.31. The molecule has 0 saturated heterocycles. The fourth-order valence-corrected chi connectivity index (χ4v) is 1.71. The van der Waals surface area contributed by atoms with Crippen LogP contribution in [0.4, 0.5) is 0 Å². The van der Waals surface area contributed by atoms with Crippen LogP contribution in [0.25, 0.3) is 0 Å². The highest BCUT2D eigenvalue weighted by Crippen LogP contribution is 2.28. The van der Waals surface area contributed by atoms with Crippen molar-refractivity contribution in [3.8, 4) is 0 Å². The van der Waals surface area contributed by atoms with Gasteiger partial charge in [-0.3, -0.25) is 4.79 Å². The normalized spacial score (nSPS) is 21.9. The van der Waals surface area contributed by atoms with E-state index in [1.165, 1.54) is 7.11 Å². The van der Waals surface area contributed by atoms with Gasteiger partial charge in [-0.15, -0.1) is 0 Å². The minimum Gasteiger partial charge on any atom is -0.388 e. The molecule has 0 aromatic carbocycles. The summed E-state index contributed by atoms with van der Waals surface area (Å²) >= 11 is 0. The molecule has 1 aliphatic rings. The summed E-state index contributed by atoms with van der Waals surface area (Å²) in [6.07, 6.45) is 3.22. The molecule has 0 bridgehead atoms. The van der Waals surface area contributed by atoms with Crippen LogP contribution in [0.1, 0.15) is 32.6 Å². The highest BCUT2D eigenvalue weighted by molar-refractivity contribution is 5.80. The van der Waals surface area contributed by atoms with Crippen molar-refractivity contribution < 1.29 is 14.6 Å². The maximum absolute atomic E-state index is 11.3. The molecule has 82 valence electrons. The third kappa shape index (κ3) is 2.96. The van der Waals surface area contributed by atoms with Crippen LogP contribution in [0.15, 0.2) is 0 Å². The zero-order valence-electron chi connectivity index (χ0n) is 8.88. The summed E-state index contributed by atoms with van der Waals surface area (Å²) in [4.78, 5) is 11.3. The van der Waals surface area contributed by atoms with Gasteiger partial charge in [-0.2, -0.15) is 0 Å². The van der Waals surface area contributed by atoms with Crippen LogP contribution in [0.3, 0.4) is 0 Å². The summed E-state index contributed by atoms with van der Waals surface area (Å²) in [6.45, 7) is 2.04. The fraction of sp³-hybridized carbons (Fsp3) is 0.900. The molecule has 0 spiro atoms. The van der Waals surface area contributed by atoms with Crippen LogP contribution in [0.2, 0.25) is 0 Å². The molecule has 0 aromatic heterocycles. The Bertz CT molecular complexity index is 200. The highest BCUT2D eigenvalue weighted by atomic mass is 16.5. The van der Waals surface area contributed by atoms with Gasteiger partial charge in [0.2, 0.25) is 5.91 Å². The topological polar surface area (TPSA) is 58.6 Å². The number of ether oxygens (including phenoxy) is 1. The monoisotopic (exact) mass is 201 g/mol. The lowest BCUT2D eigenvalue weighted by Gasteiger charge is -2.23. The molecular weight excluding hydrogens is 182 g/mol. The fourth-order valence-electron chi connectivity index (χ4n) is 1.71. The SMILES string of the molecule is COC(C)C(=O)NCC1(O)CCCC1. The number of methoxy groups -OCH3 is 1. The number of nitrogens with one attached hydrogen (secondary N) is 1. The third-order valence-electron chi connectivity index (χ3n) is 2.85. The van der Waals surface area contributed by atoms with Crippen LogP contribution >= 0.6 is 0 Å². The van der Waals surface area contributed by atoms with Crippen molar-refractivity contribution >= 4 is 5.91 Å². The first-order valence-electron chi connectivity index (χ1n) is 5.10. The average molecular weight is 201 g/mol. The van der Waals surface area contributed by atoms with Gasteiger partial charge < -0.3 is 15.2 Å². The maximum Gasteiger partial charge on any atom is 0.248 e. The number of hydrogen-bond donors (Lipinski definition) is 2. The molecule has 14 heavy (non-hydrogen) atoms. The number of carbonyl (C=O) groups excluding carboxylic acids is 1. The first kappa shape index (κ1) is 11.5. The number of amides is 1. The Kier molecular flexibility index (Phi) is 3.89. The molecule has 4 nitrogen and oxygen atoms in total. The van der Waals surface area contributed by atoms with Crippen LogP contribution in [0.5, 0.6) is 0 Å². The lowest BCUT2D eigenvalue weighted by molar-refractivity contribution is -0.131. The van der Waals surface area contributed by atoms with Gasteiger partial charge in [0.25, 0.3) is 0 Å². The van der Waals surface area contributed by atoms with Crippen molar-refractivity contribution in [1.82, 2.24) is 5.32 Å². The minimum absolute atomic E-state index is 0.159. The van der Waals surface area contributed by atoms with E-state index in [2.05, 4.69) is 5.32 Å². The summed E-state index contributed by atoms with van der Waals surface area (Å²) in [7, 11) is 1.49. The zero-order valence-corrected chi connectivity index (χ0v) is 8.88. The lowest BCUT2D eigenvalue weighted by atomic mass is 10.0. The van der Waals surface area contributed by atoms with Gasteiger partial charge in [0.05, 0.1) is 5.60 Å². The van der Waals surface area contributed by atoms with Crippen molar-refractivity contribution in [1.29, 1.82) is 0 Å². The van der Waals surface area contributed by atoms with Crippen molar-refractivity contribution in [2.24, 2.45) is 0 Å². The standard InChI is InChI=1S/C10H19NO3/c1-8(14-2)9(12)11-7-10(13)5-3-4-6-10/h8,13H,3-7H2,1-2H3,(H,11,12). The second-order valence-corrected chi connectivity index (χ2v) is 4.03. The summed E-state index contributed by atoms with van der Waals surface area (Å²) in [5.41, 5.74) is -0.677. The Hall–Kier alpha value is -0.610. The van der Waals surface area contributed by atoms with E-state index in [1.807, 2.05) is 0 Å². The Morgan fingerprint density at radius 3 is 2.64 bits per heavy atom. The molecular formula is C10H19NO3. The summed E-state index contributed by atoms with van der Waals surface area (Å²) in [5, 5.41) is 12.6. The van der Waals surface area contributed by atoms with Crippen LogP contribution < -0.4 is 5.32 Å². The zero-order chi connectivity index (χ0) is 10.6. The molecule has 1 saturated carbocycles. The Labute approximate surface area is 84.6 Å². The summed E-state index contributed by atoms with van der Waals surface area (Å²) < 4.78 is 4.87. The third-order valence-corrected chi connectivity index (χ3v) is 2.85. The molecule has 1 unspecified atom stereocenters. The Morgan fingerprint density at radius 2 is 2.14 bits per heavy atom. The van der Waals surface area contributed by atoms with Crippen LogP contribution in [-0.4, -0.2) is 36.4 Å². The van der Waals surface area contributed by atoms with E-state index in [1.54, 1.807) is 6.92 Å². The van der Waals surface area contributed by atoms with Crippen molar-refractivity contribution in [3.05, 3.63) is 0 Å². The van der Waals surface area contributed by atoms with E-state index in [4.69, 9.17) is 4.74 Å². The van der Waals surface area contributed by atoms with Gasteiger partial charge in [0.1, 0.15) is 6.10 Å². The molecule has 0 aromatic rings. The Balaban J connectivity index is 2.29. The number of hydrogen-bond acceptors (Lipinski definition) is 3. The predicted octanol–water partition coefficient (Wildman–Crippen LogP) is 0.443. The molecule has 2 N–H and O–H groups in total. The summed E-state index contributed by atoms with van der Waals surface area (Å²) in [5.74, 6) is -0.159. The molecule has 1 atom stereocenters. The largest absolute Gasteiger partial charge is 0.388 e. The van der Waals surface area contributed by atoms with Gasteiger partial charge in [-0.1, -0.05) is 12.8 Å². The molecule has 1 amide bonds. The molecule has 0 aliphatic heterocycles. The second-order valence-electron chi connectivity index (χ2n) is 4.03. The van der Waals surface area contributed by atoms with Crippen molar-refractivity contribution in [2.45, 2.75) is 44.3 Å². The van der Waals surface area contributed by atoms with E-state index in [-0.39, 0.29) is 5.91 Å². The van der Waals surface area contributed by atoms with Gasteiger partial charge in [0.15, 0.2) is 0 Å². The number of aliphatic hydroxyl groups is 1. The van der Waals surface area contributed by atoms with E-state index < -0.39 is 11.7 Å². The van der Waals surface area contributed by atoms with Crippen molar-refractivity contribution in [2.75, 3.05) is 13.7 Å². The van der Waals surface area contributed by atoms with E-state index in [9.17, 15) is 9.90 Å². The van der Waals surface area contributed by atoms with Gasteiger partial charge in [0, 0.05) is 13.7 Å². The van der Waals surface area contributed by atoms with Crippen LogP contribution in [-0.2, 0) is 9.53 Å². The number of carbonyl (C=O) groups is 1. The quantitative estimate of drug-likeness (QED) is 0.694. The van der Waals surface area contributed by atoms with Gasteiger partial charge in [-0.25, -0.2) is 0 Å². The molecule has 1 rings (SSSR count). The smallest absolute Gasteiger partial charge is 0.248 e. The second kappa shape index (κ2) is 4.75. The van der Waals surface area contributed by atoms with E-state index in [0.717, 1.165) is 25.7 Å². The van der Waals surface area contributed by atoms with Gasteiger partial charge in [-0.05, 0) is 19.8 Å². The molecule has 0 radical (unpaired) electrons. The molecule has 1 aliphatic carbocycles. The van der Waals surface area contributed by atoms with Gasteiger partial charge >= 0.3 is 0 Å². The molecule has 0 heterocycles. The summed E-state index contributed by atoms with van der Waals surface area (Å²) in [6, 6.07) is 0. The minimum atomic E-state index is -0.677.